The molecule has 6 nitrogen and oxygen atoms in total. The van der Waals surface area contributed by atoms with Gasteiger partial charge in [-0.25, -0.2) is 4.79 Å². The molecular weight excluding hydrogens is 328 g/mol. The molecule has 0 aliphatic carbocycles. The number of carbonyl (C=O) groups is 2. The van der Waals surface area contributed by atoms with Gasteiger partial charge >= 0.3 is 6.03 Å². The highest BCUT2D eigenvalue weighted by Gasteiger charge is 2.23. The molecule has 6 heteroatoms. The maximum absolute atomic E-state index is 12.4. The number of hydrogen-bond acceptors (Lipinski definition) is 3. The average Bonchev–Trinajstić information content (AvgIpc) is 2.65. The number of aromatic nitrogens is 1. The number of hydrogen-bond donors (Lipinski definition) is 3. The Bertz CT molecular complexity index is 689. The molecule has 0 saturated heterocycles. The first-order valence-corrected chi connectivity index (χ1v) is 8.82. The molecule has 0 saturated carbocycles. The van der Waals surface area contributed by atoms with Crippen molar-refractivity contribution in [2.45, 2.75) is 32.9 Å². The van der Waals surface area contributed by atoms with E-state index in [0.717, 1.165) is 11.3 Å². The summed E-state index contributed by atoms with van der Waals surface area (Å²) in [5, 5.41) is 8.41. The van der Waals surface area contributed by atoms with Crippen molar-refractivity contribution in [3.63, 3.8) is 0 Å². The van der Waals surface area contributed by atoms with E-state index < -0.39 is 6.04 Å². The Morgan fingerprint density at radius 1 is 1.00 bits per heavy atom. The predicted molar refractivity (Wildman–Crippen MR) is 101 cm³/mol. The Labute approximate surface area is 154 Å². The van der Waals surface area contributed by atoms with E-state index >= 15 is 0 Å². The normalized spacial score (nSPS) is 11.7. The molecule has 0 aliphatic rings. The fourth-order valence-electron chi connectivity index (χ4n) is 2.48. The highest BCUT2D eigenvalue weighted by atomic mass is 16.2. The van der Waals surface area contributed by atoms with E-state index in [4.69, 9.17) is 0 Å². The van der Waals surface area contributed by atoms with Gasteiger partial charge in [0, 0.05) is 31.4 Å². The number of nitrogens with zero attached hydrogens (tertiary/aromatic N) is 1. The fourth-order valence-corrected chi connectivity index (χ4v) is 2.48. The minimum Gasteiger partial charge on any atom is -0.354 e. The molecule has 2 aromatic rings. The van der Waals surface area contributed by atoms with Gasteiger partial charge in [-0.3, -0.25) is 9.78 Å². The Morgan fingerprint density at radius 2 is 1.73 bits per heavy atom. The molecule has 0 aliphatic heterocycles. The number of urea groups is 1. The third-order valence-corrected chi connectivity index (χ3v) is 3.94. The van der Waals surface area contributed by atoms with E-state index in [1.54, 1.807) is 6.20 Å². The topological polar surface area (TPSA) is 83.1 Å². The van der Waals surface area contributed by atoms with Crippen LogP contribution in [0.25, 0.3) is 0 Å². The number of pyridine rings is 1. The van der Waals surface area contributed by atoms with Gasteiger partial charge in [0.2, 0.25) is 5.91 Å². The van der Waals surface area contributed by atoms with Gasteiger partial charge < -0.3 is 16.0 Å². The lowest BCUT2D eigenvalue weighted by atomic mass is 10.0. The van der Waals surface area contributed by atoms with Gasteiger partial charge in [-0.2, -0.15) is 0 Å². The number of nitrogens with one attached hydrogen (secondary N) is 3. The van der Waals surface area contributed by atoms with Crippen LogP contribution in [0.4, 0.5) is 4.79 Å². The van der Waals surface area contributed by atoms with Crippen LogP contribution in [0.2, 0.25) is 0 Å². The monoisotopic (exact) mass is 354 g/mol. The van der Waals surface area contributed by atoms with Gasteiger partial charge in [0.1, 0.15) is 6.04 Å². The summed E-state index contributed by atoms with van der Waals surface area (Å²) in [5.41, 5.74) is 1.92. The summed E-state index contributed by atoms with van der Waals surface area (Å²) in [5.74, 6) is -0.210. The zero-order valence-electron chi connectivity index (χ0n) is 15.2. The van der Waals surface area contributed by atoms with E-state index in [1.165, 1.54) is 0 Å². The van der Waals surface area contributed by atoms with E-state index in [-0.39, 0.29) is 17.9 Å². The van der Waals surface area contributed by atoms with Crippen LogP contribution < -0.4 is 16.0 Å². The molecule has 0 bridgehead atoms. The zero-order chi connectivity index (χ0) is 18.8. The summed E-state index contributed by atoms with van der Waals surface area (Å²) in [6, 6.07) is 14.4. The van der Waals surface area contributed by atoms with Crippen LogP contribution in [0, 0.1) is 5.92 Å². The molecule has 26 heavy (non-hydrogen) atoms. The lowest BCUT2D eigenvalue weighted by molar-refractivity contribution is -0.123. The summed E-state index contributed by atoms with van der Waals surface area (Å²) in [6.45, 7) is 4.70. The van der Waals surface area contributed by atoms with Crippen LogP contribution >= 0.6 is 0 Å². The second-order valence-corrected chi connectivity index (χ2v) is 6.40. The molecule has 1 unspecified atom stereocenters. The molecule has 1 atom stereocenters. The van der Waals surface area contributed by atoms with E-state index in [0.29, 0.717) is 19.5 Å². The maximum Gasteiger partial charge on any atom is 0.315 e. The van der Waals surface area contributed by atoms with Gasteiger partial charge in [-0.15, -0.1) is 0 Å². The van der Waals surface area contributed by atoms with Crippen LogP contribution in [0.3, 0.4) is 0 Å². The van der Waals surface area contributed by atoms with Crippen molar-refractivity contribution in [2.75, 3.05) is 6.54 Å². The predicted octanol–water partition coefficient (Wildman–Crippen LogP) is 2.26. The highest BCUT2D eigenvalue weighted by Crippen LogP contribution is 2.03. The fraction of sp³-hybridized carbons (Fsp3) is 0.350. The summed E-state index contributed by atoms with van der Waals surface area (Å²) in [6.07, 6.45) is 2.38. The van der Waals surface area contributed by atoms with Crippen molar-refractivity contribution in [1.29, 1.82) is 0 Å². The van der Waals surface area contributed by atoms with Crippen molar-refractivity contribution in [1.82, 2.24) is 20.9 Å². The van der Waals surface area contributed by atoms with Crippen molar-refractivity contribution in [2.24, 2.45) is 5.92 Å². The van der Waals surface area contributed by atoms with Crippen LogP contribution in [-0.2, 0) is 17.8 Å². The SMILES string of the molecule is CC(C)C(NC(=O)NCc1ccccc1)C(=O)NCCc1ccccn1. The molecule has 0 fully saturated rings. The quantitative estimate of drug-likeness (QED) is 0.680. The highest BCUT2D eigenvalue weighted by molar-refractivity contribution is 5.87. The number of amides is 3. The van der Waals surface area contributed by atoms with Crippen molar-refractivity contribution in [3.8, 4) is 0 Å². The van der Waals surface area contributed by atoms with Crippen molar-refractivity contribution >= 4 is 11.9 Å². The Kier molecular flexibility index (Phi) is 7.61. The Morgan fingerprint density at radius 3 is 2.38 bits per heavy atom. The smallest absolute Gasteiger partial charge is 0.315 e. The van der Waals surface area contributed by atoms with Gasteiger partial charge in [-0.05, 0) is 23.6 Å². The average molecular weight is 354 g/mol. The molecule has 1 heterocycles. The summed E-state index contributed by atoms with van der Waals surface area (Å²) in [4.78, 5) is 28.8. The molecule has 3 N–H and O–H groups in total. The number of benzene rings is 1. The third kappa shape index (κ3) is 6.55. The van der Waals surface area contributed by atoms with Crippen molar-refractivity contribution < 1.29 is 9.59 Å². The molecule has 0 radical (unpaired) electrons. The minimum atomic E-state index is -0.588. The van der Waals surface area contributed by atoms with Gasteiger partial charge in [0.25, 0.3) is 0 Å². The second-order valence-electron chi connectivity index (χ2n) is 6.40. The van der Waals surface area contributed by atoms with E-state index in [2.05, 4.69) is 20.9 Å². The summed E-state index contributed by atoms with van der Waals surface area (Å²) >= 11 is 0. The lowest BCUT2D eigenvalue weighted by Gasteiger charge is -2.22. The van der Waals surface area contributed by atoms with Crippen LogP contribution in [-0.4, -0.2) is 29.5 Å². The molecule has 2 rings (SSSR count). The third-order valence-electron chi connectivity index (χ3n) is 3.94. The van der Waals surface area contributed by atoms with Gasteiger partial charge in [0.05, 0.1) is 0 Å². The first kappa shape index (κ1) is 19.4. The van der Waals surface area contributed by atoms with E-state index in [9.17, 15) is 9.59 Å². The van der Waals surface area contributed by atoms with Crippen molar-refractivity contribution in [3.05, 3.63) is 66.0 Å². The molecule has 138 valence electrons. The zero-order valence-corrected chi connectivity index (χ0v) is 15.2. The van der Waals surface area contributed by atoms with Crippen LogP contribution in [0.5, 0.6) is 0 Å². The maximum atomic E-state index is 12.4. The number of rotatable bonds is 8. The first-order valence-electron chi connectivity index (χ1n) is 8.82. The van der Waals surface area contributed by atoms with E-state index in [1.807, 2.05) is 62.4 Å². The minimum absolute atomic E-state index is 0.0210. The summed E-state index contributed by atoms with van der Waals surface area (Å²) in [7, 11) is 0. The lowest BCUT2D eigenvalue weighted by Crippen LogP contribution is -2.52. The molecular formula is C20H26N4O2. The van der Waals surface area contributed by atoms with Gasteiger partial charge in [0.15, 0.2) is 0 Å². The molecule has 0 spiro atoms. The van der Waals surface area contributed by atoms with Gasteiger partial charge in [-0.1, -0.05) is 50.2 Å². The standard InChI is InChI=1S/C20H26N4O2/c1-15(2)18(19(25)22-13-11-17-10-6-7-12-21-17)24-20(26)23-14-16-8-4-3-5-9-16/h3-10,12,15,18H,11,13-14H2,1-2H3,(H,22,25)(H2,23,24,26). The van der Waals surface area contributed by atoms with Crippen LogP contribution in [0.15, 0.2) is 54.7 Å². The first-order chi connectivity index (χ1) is 12.6. The molecule has 1 aromatic heterocycles. The van der Waals surface area contributed by atoms with Crippen LogP contribution in [0.1, 0.15) is 25.1 Å². The Balaban J connectivity index is 1.79. The Hall–Kier alpha value is -2.89. The number of carbonyl (C=O) groups excluding carboxylic acids is 2. The second kappa shape index (κ2) is 10.2. The molecule has 1 aromatic carbocycles. The molecule has 3 amide bonds. The largest absolute Gasteiger partial charge is 0.354 e. The summed E-state index contributed by atoms with van der Waals surface area (Å²) < 4.78 is 0.